The number of nitrogens with zero attached hydrogens (tertiary/aromatic N) is 4. The third-order valence-electron chi connectivity index (χ3n) is 6.12. The van der Waals surface area contributed by atoms with Gasteiger partial charge in [0.15, 0.2) is 0 Å². The Labute approximate surface area is 160 Å². The molecule has 0 aliphatic carbocycles. The lowest BCUT2D eigenvalue weighted by atomic mass is 9.73. The zero-order chi connectivity index (χ0) is 18.9. The summed E-state index contributed by atoms with van der Waals surface area (Å²) in [5, 5.41) is 4.31. The summed E-state index contributed by atoms with van der Waals surface area (Å²) in [6.45, 7) is 5.31. The van der Waals surface area contributed by atoms with Crippen molar-refractivity contribution in [1.29, 1.82) is 0 Å². The molecule has 4 heterocycles. The van der Waals surface area contributed by atoms with Gasteiger partial charge in [-0.2, -0.15) is 5.10 Å². The highest BCUT2D eigenvalue weighted by molar-refractivity contribution is 5.93. The molecule has 27 heavy (non-hydrogen) atoms. The second-order valence-corrected chi connectivity index (χ2v) is 8.08. The van der Waals surface area contributed by atoms with Crippen LogP contribution in [0.4, 0.5) is 0 Å². The number of likely N-dealkylation sites (tertiary alicyclic amines) is 2. The van der Waals surface area contributed by atoms with E-state index >= 15 is 0 Å². The standard InChI is InChI=1S/C21H28N4O2/c1-2-3-13-23-15-21(11-8-19(23)26)10-5-14-24(16-21)20(27)18-7-4-6-17-9-12-22-25(17)18/h4,6-7,9,12H,2-3,5,8,10-11,13-16H2,1H3. The quantitative estimate of drug-likeness (QED) is 0.834. The summed E-state index contributed by atoms with van der Waals surface area (Å²) in [5.74, 6) is 0.319. The van der Waals surface area contributed by atoms with Gasteiger partial charge < -0.3 is 9.80 Å². The van der Waals surface area contributed by atoms with Crippen LogP contribution in [0.15, 0.2) is 30.5 Å². The van der Waals surface area contributed by atoms with Crippen LogP contribution in [0.1, 0.15) is 55.9 Å². The first-order valence-electron chi connectivity index (χ1n) is 10.1. The fourth-order valence-electron chi connectivity index (χ4n) is 4.64. The molecule has 2 aliphatic heterocycles. The van der Waals surface area contributed by atoms with E-state index in [-0.39, 0.29) is 17.2 Å². The number of carbonyl (C=O) groups excluding carboxylic acids is 2. The van der Waals surface area contributed by atoms with E-state index in [1.165, 1.54) is 0 Å². The van der Waals surface area contributed by atoms with E-state index in [1.54, 1.807) is 10.7 Å². The fraction of sp³-hybridized carbons (Fsp3) is 0.571. The van der Waals surface area contributed by atoms with Gasteiger partial charge in [-0.05, 0) is 43.9 Å². The average molecular weight is 368 g/mol. The summed E-state index contributed by atoms with van der Waals surface area (Å²) in [6, 6.07) is 7.63. The Morgan fingerprint density at radius 2 is 2.11 bits per heavy atom. The number of hydrogen-bond donors (Lipinski definition) is 0. The minimum atomic E-state index is 0.0420. The van der Waals surface area contributed by atoms with E-state index < -0.39 is 0 Å². The van der Waals surface area contributed by atoms with Crippen molar-refractivity contribution >= 4 is 17.3 Å². The zero-order valence-corrected chi connectivity index (χ0v) is 16.1. The van der Waals surface area contributed by atoms with Crippen molar-refractivity contribution in [2.75, 3.05) is 26.2 Å². The molecule has 0 saturated carbocycles. The monoisotopic (exact) mass is 368 g/mol. The van der Waals surface area contributed by atoms with Crippen molar-refractivity contribution < 1.29 is 9.59 Å². The molecule has 0 bridgehead atoms. The lowest BCUT2D eigenvalue weighted by Crippen LogP contribution is -2.55. The molecule has 6 heteroatoms. The second-order valence-electron chi connectivity index (χ2n) is 8.08. The SMILES string of the molecule is CCCCN1CC2(CCCN(C(=O)c3cccc4ccnn34)C2)CCC1=O. The number of hydrogen-bond acceptors (Lipinski definition) is 3. The Bertz CT molecular complexity index is 846. The number of amides is 2. The molecule has 0 radical (unpaired) electrons. The molecule has 2 aromatic heterocycles. The number of rotatable bonds is 4. The van der Waals surface area contributed by atoms with Gasteiger partial charge in [0, 0.05) is 38.0 Å². The number of carbonyl (C=O) groups is 2. The highest BCUT2D eigenvalue weighted by atomic mass is 16.2. The molecule has 1 spiro atoms. The minimum Gasteiger partial charge on any atom is -0.342 e. The van der Waals surface area contributed by atoms with Crippen LogP contribution >= 0.6 is 0 Å². The van der Waals surface area contributed by atoms with Crippen molar-refractivity contribution in [1.82, 2.24) is 19.4 Å². The van der Waals surface area contributed by atoms with Crippen LogP contribution in [-0.4, -0.2) is 57.4 Å². The predicted octanol–water partition coefficient (Wildman–Crippen LogP) is 2.98. The lowest BCUT2D eigenvalue weighted by molar-refractivity contribution is -0.139. The third kappa shape index (κ3) is 3.45. The van der Waals surface area contributed by atoms with Gasteiger partial charge in [0.25, 0.3) is 5.91 Å². The molecule has 2 aromatic rings. The summed E-state index contributed by atoms with van der Waals surface area (Å²) in [4.78, 5) is 29.6. The van der Waals surface area contributed by atoms with Crippen LogP contribution in [0.3, 0.4) is 0 Å². The maximum atomic E-state index is 13.2. The largest absolute Gasteiger partial charge is 0.342 e. The van der Waals surface area contributed by atoms with Gasteiger partial charge in [-0.25, -0.2) is 4.52 Å². The Morgan fingerprint density at radius 3 is 2.96 bits per heavy atom. The second kappa shape index (κ2) is 7.33. The predicted molar refractivity (Wildman–Crippen MR) is 103 cm³/mol. The topological polar surface area (TPSA) is 57.9 Å². The van der Waals surface area contributed by atoms with Gasteiger partial charge in [-0.15, -0.1) is 0 Å². The molecule has 2 amide bonds. The van der Waals surface area contributed by atoms with Crippen molar-refractivity contribution in [2.45, 2.75) is 45.4 Å². The Balaban J connectivity index is 1.53. The minimum absolute atomic E-state index is 0.0420. The van der Waals surface area contributed by atoms with Crippen molar-refractivity contribution in [3.05, 3.63) is 36.2 Å². The van der Waals surface area contributed by atoms with E-state index in [2.05, 4.69) is 12.0 Å². The summed E-state index contributed by atoms with van der Waals surface area (Å²) in [5.41, 5.74) is 1.60. The Morgan fingerprint density at radius 1 is 1.22 bits per heavy atom. The van der Waals surface area contributed by atoms with Crippen LogP contribution < -0.4 is 0 Å². The molecule has 0 N–H and O–H groups in total. The summed E-state index contributed by atoms with van der Waals surface area (Å²) < 4.78 is 1.72. The van der Waals surface area contributed by atoms with Gasteiger partial charge in [0.2, 0.25) is 5.91 Å². The third-order valence-corrected chi connectivity index (χ3v) is 6.12. The van der Waals surface area contributed by atoms with Crippen LogP contribution in [-0.2, 0) is 4.79 Å². The summed E-state index contributed by atoms with van der Waals surface area (Å²) >= 11 is 0. The van der Waals surface area contributed by atoms with E-state index in [9.17, 15) is 9.59 Å². The van der Waals surface area contributed by atoms with Crippen molar-refractivity contribution in [3.8, 4) is 0 Å². The molecule has 1 unspecified atom stereocenters. The smallest absolute Gasteiger partial charge is 0.272 e. The number of pyridine rings is 1. The van der Waals surface area contributed by atoms with E-state index in [0.29, 0.717) is 12.1 Å². The van der Waals surface area contributed by atoms with Crippen LogP contribution in [0.2, 0.25) is 0 Å². The zero-order valence-electron chi connectivity index (χ0n) is 16.1. The molecule has 4 rings (SSSR count). The van der Waals surface area contributed by atoms with Crippen LogP contribution in [0, 0.1) is 5.41 Å². The number of fused-ring (bicyclic) bond motifs is 1. The highest BCUT2D eigenvalue weighted by Gasteiger charge is 2.42. The van der Waals surface area contributed by atoms with Crippen LogP contribution in [0.5, 0.6) is 0 Å². The first-order chi connectivity index (χ1) is 13.1. The van der Waals surface area contributed by atoms with E-state index in [4.69, 9.17) is 0 Å². The number of aromatic nitrogens is 2. The van der Waals surface area contributed by atoms with Gasteiger partial charge >= 0.3 is 0 Å². The molecule has 2 saturated heterocycles. The molecular weight excluding hydrogens is 340 g/mol. The normalized spacial score (nSPS) is 23.4. The molecule has 2 fully saturated rings. The average Bonchev–Trinajstić information content (AvgIpc) is 3.17. The van der Waals surface area contributed by atoms with E-state index in [0.717, 1.165) is 63.8 Å². The molecule has 0 aromatic carbocycles. The van der Waals surface area contributed by atoms with Gasteiger partial charge in [-0.3, -0.25) is 9.59 Å². The maximum Gasteiger partial charge on any atom is 0.272 e. The molecule has 2 aliphatic rings. The number of unbranched alkanes of at least 4 members (excludes halogenated alkanes) is 1. The molecular formula is C21H28N4O2. The highest BCUT2D eigenvalue weighted by Crippen LogP contribution is 2.39. The van der Waals surface area contributed by atoms with E-state index in [1.807, 2.05) is 34.1 Å². The fourth-order valence-corrected chi connectivity index (χ4v) is 4.64. The van der Waals surface area contributed by atoms with Crippen molar-refractivity contribution in [3.63, 3.8) is 0 Å². The number of piperidine rings is 2. The molecule has 6 nitrogen and oxygen atoms in total. The van der Waals surface area contributed by atoms with Crippen molar-refractivity contribution in [2.24, 2.45) is 5.41 Å². The maximum absolute atomic E-state index is 13.2. The van der Waals surface area contributed by atoms with Gasteiger partial charge in [0.05, 0.1) is 11.7 Å². The molecule has 144 valence electrons. The van der Waals surface area contributed by atoms with Gasteiger partial charge in [-0.1, -0.05) is 19.4 Å². The Hall–Kier alpha value is -2.37. The lowest BCUT2D eigenvalue weighted by Gasteiger charge is -2.48. The van der Waals surface area contributed by atoms with Gasteiger partial charge in [0.1, 0.15) is 5.69 Å². The summed E-state index contributed by atoms with van der Waals surface area (Å²) in [7, 11) is 0. The first-order valence-corrected chi connectivity index (χ1v) is 10.1. The van der Waals surface area contributed by atoms with Crippen LogP contribution in [0.25, 0.3) is 5.52 Å². The molecule has 1 atom stereocenters. The Kier molecular flexibility index (Phi) is 4.89. The summed E-state index contributed by atoms with van der Waals surface area (Å²) in [6.07, 6.45) is 7.46. The first kappa shape index (κ1) is 18.0.